The molecule has 0 bridgehead atoms. The zero-order chi connectivity index (χ0) is 12.8. The van der Waals surface area contributed by atoms with Crippen LogP contribution < -0.4 is 5.32 Å². The number of hydrogen-bond acceptors (Lipinski definition) is 3. The van der Waals surface area contributed by atoms with Crippen molar-refractivity contribution in [3.05, 3.63) is 47.4 Å². The molecule has 0 spiro atoms. The van der Waals surface area contributed by atoms with E-state index in [1.807, 2.05) is 18.2 Å². The van der Waals surface area contributed by atoms with Crippen molar-refractivity contribution < 1.29 is 0 Å². The van der Waals surface area contributed by atoms with Crippen molar-refractivity contribution in [2.24, 2.45) is 0 Å². The van der Waals surface area contributed by atoms with E-state index in [2.05, 4.69) is 22.2 Å². The normalized spacial score (nSPS) is 10.6. The van der Waals surface area contributed by atoms with Gasteiger partial charge in [0.25, 0.3) is 0 Å². The fourth-order valence-electron chi connectivity index (χ4n) is 1.70. The third-order valence-corrected chi connectivity index (χ3v) is 3.01. The van der Waals surface area contributed by atoms with Crippen molar-refractivity contribution in [3.63, 3.8) is 0 Å². The van der Waals surface area contributed by atoms with E-state index in [9.17, 15) is 0 Å². The molecule has 0 fully saturated rings. The summed E-state index contributed by atoms with van der Waals surface area (Å²) in [5.74, 6) is 0. The third-order valence-electron chi connectivity index (χ3n) is 2.65. The molecule has 94 valence electrons. The predicted molar refractivity (Wildman–Crippen MR) is 74.5 cm³/mol. The van der Waals surface area contributed by atoms with Crippen LogP contribution in [0.15, 0.2) is 36.8 Å². The van der Waals surface area contributed by atoms with Gasteiger partial charge in [-0.3, -0.25) is 9.97 Å². The molecule has 0 aliphatic carbocycles. The van der Waals surface area contributed by atoms with Crippen LogP contribution in [-0.4, -0.2) is 16.5 Å². The summed E-state index contributed by atoms with van der Waals surface area (Å²) in [5.41, 5.74) is 2.94. The minimum absolute atomic E-state index is 0.766. The van der Waals surface area contributed by atoms with E-state index >= 15 is 0 Å². The fourth-order valence-corrected chi connectivity index (χ4v) is 1.95. The molecule has 4 heteroatoms. The maximum Gasteiger partial charge on any atom is 0.0885 e. The van der Waals surface area contributed by atoms with Crippen LogP contribution in [0.3, 0.4) is 0 Å². The van der Waals surface area contributed by atoms with Gasteiger partial charge in [-0.25, -0.2) is 0 Å². The minimum Gasteiger partial charge on any atom is -0.313 e. The first-order valence-corrected chi connectivity index (χ1v) is 6.44. The topological polar surface area (TPSA) is 37.8 Å². The largest absolute Gasteiger partial charge is 0.313 e. The van der Waals surface area contributed by atoms with Gasteiger partial charge in [0.05, 0.1) is 11.9 Å². The number of nitrogens with zero attached hydrogens (tertiary/aromatic N) is 2. The van der Waals surface area contributed by atoms with Gasteiger partial charge in [0.2, 0.25) is 0 Å². The van der Waals surface area contributed by atoms with Crippen molar-refractivity contribution in [3.8, 4) is 11.3 Å². The molecule has 0 amide bonds. The van der Waals surface area contributed by atoms with Crippen LogP contribution in [-0.2, 0) is 6.54 Å². The van der Waals surface area contributed by atoms with E-state index < -0.39 is 0 Å². The fraction of sp³-hybridized carbons (Fsp3) is 0.286. The molecule has 0 saturated heterocycles. The van der Waals surface area contributed by atoms with E-state index in [1.165, 1.54) is 0 Å². The second kappa shape index (κ2) is 6.47. The van der Waals surface area contributed by atoms with Gasteiger partial charge in [-0.15, -0.1) is 0 Å². The number of hydrogen-bond donors (Lipinski definition) is 1. The Morgan fingerprint density at radius 2 is 2.17 bits per heavy atom. The highest BCUT2D eigenvalue weighted by Gasteiger charge is 2.04. The van der Waals surface area contributed by atoms with Crippen molar-refractivity contribution in [1.29, 1.82) is 0 Å². The lowest BCUT2D eigenvalue weighted by molar-refractivity contribution is 0.675. The second-order valence-corrected chi connectivity index (χ2v) is 4.48. The molecule has 0 atom stereocenters. The molecule has 0 saturated carbocycles. The molecule has 1 N–H and O–H groups in total. The van der Waals surface area contributed by atoms with Gasteiger partial charge in [0.15, 0.2) is 0 Å². The van der Waals surface area contributed by atoms with Crippen molar-refractivity contribution >= 4 is 11.6 Å². The van der Waals surface area contributed by atoms with Gasteiger partial charge < -0.3 is 5.32 Å². The van der Waals surface area contributed by atoms with Crippen molar-refractivity contribution in [1.82, 2.24) is 15.3 Å². The van der Waals surface area contributed by atoms with Crippen molar-refractivity contribution in [2.45, 2.75) is 19.9 Å². The molecule has 3 nitrogen and oxygen atoms in total. The molecule has 2 rings (SSSR count). The van der Waals surface area contributed by atoms with Gasteiger partial charge in [-0.05, 0) is 24.6 Å². The Morgan fingerprint density at radius 1 is 1.28 bits per heavy atom. The molecule has 0 radical (unpaired) electrons. The molecule has 18 heavy (non-hydrogen) atoms. The maximum absolute atomic E-state index is 6.27. The van der Waals surface area contributed by atoms with Crippen molar-refractivity contribution in [2.75, 3.05) is 6.54 Å². The zero-order valence-corrected chi connectivity index (χ0v) is 11.1. The summed E-state index contributed by atoms with van der Waals surface area (Å²) in [7, 11) is 0. The van der Waals surface area contributed by atoms with Crippen LogP contribution in [0.1, 0.15) is 18.9 Å². The Kier molecular flexibility index (Phi) is 4.67. The van der Waals surface area contributed by atoms with E-state index in [0.29, 0.717) is 0 Å². The maximum atomic E-state index is 6.27. The summed E-state index contributed by atoms with van der Waals surface area (Å²) in [6.07, 6.45) is 6.20. The molecule has 1 heterocycles. The molecular formula is C14H16ClN3. The average Bonchev–Trinajstić information content (AvgIpc) is 2.42. The summed E-state index contributed by atoms with van der Waals surface area (Å²) in [6, 6.07) is 6.00. The first-order valence-electron chi connectivity index (χ1n) is 6.06. The highest BCUT2D eigenvalue weighted by molar-refractivity contribution is 6.31. The first-order chi connectivity index (χ1) is 8.81. The molecule has 0 aliphatic heterocycles. The summed E-state index contributed by atoms with van der Waals surface area (Å²) in [4.78, 5) is 8.31. The van der Waals surface area contributed by atoms with E-state index in [0.717, 1.165) is 41.4 Å². The second-order valence-electron chi connectivity index (χ2n) is 4.07. The lowest BCUT2D eigenvalue weighted by Crippen LogP contribution is -2.13. The molecular weight excluding hydrogens is 246 g/mol. The molecule has 2 aromatic rings. The lowest BCUT2D eigenvalue weighted by Gasteiger charge is -2.07. The quantitative estimate of drug-likeness (QED) is 0.840. The van der Waals surface area contributed by atoms with Crippen LogP contribution in [0.25, 0.3) is 11.3 Å². The van der Waals surface area contributed by atoms with Gasteiger partial charge in [-0.1, -0.05) is 30.7 Å². The Hall–Kier alpha value is -1.45. The highest BCUT2D eigenvalue weighted by Crippen LogP contribution is 2.23. The average molecular weight is 262 g/mol. The Balaban J connectivity index is 2.15. The Bertz CT molecular complexity index is 500. The number of aromatic nitrogens is 2. The molecule has 1 aromatic carbocycles. The Morgan fingerprint density at radius 3 is 2.83 bits per heavy atom. The van der Waals surface area contributed by atoms with E-state index in [4.69, 9.17) is 11.6 Å². The summed E-state index contributed by atoms with van der Waals surface area (Å²) in [6.45, 7) is 3.95. The standard InChI is InChI=1S/C14H16ClN3/c1-2-5-16-9-12-4-3-11(8-13(12)15)14-10-17-6-7-18-14/h3-4,6-8,10,16H,2,5,9H2,1H3. The minimum atomic E-state index is 0.766. The van der Waals surface area contributed by atoms with Crippen LogP contribution in [0.5, 0.6) is 0 Å². The molecule has 0 unspecified atom stereocenters. The number of halogens is 1. The smallest absolute Gasteiger partial charge is 0.0885 e. The third kappa shape index (κ3) is 3.28. The highest BCUT2D eigenvalue weighted by atomic mass is 35.5. The molecule has 1 aromatic heterocycles. The number of benzene rings is 1. The lowest BCUT2D eigenvalue weighted by atomic mass is 10.1. The monoisotopic (exact) mass is 261 g/mol. The zero-order valence-electron chi connectivity index (χ0n) is 10.4. The molecule has 0 aliphatic rings. The van der Waals surface area contributed by atoms with Gasteiger partial charge in [0.1, 0.15) is 0 Å². The van der Waals surface area contributed by atoms with Gasteiger partial charge in [0, 0.05) is 29.5 Å². The van der Waals surface area contributed by atoms with Crippen LogP contribution in [0.4, 0.5) is 0 Å². The predicted octanol–water partition coefficient (Wildman–Crippen LogP) is 3.30. The van der Waals surface area contributed by atoms with E-state index in [1.54, 1.807) is 18.6 Å². The van der Waals surface area contributed by atoms with Crippen LogP contribution in [0, 0.1) is 0 Å². The SMILES string of the molecule is CCCNCc1ccc(-c2cnccn2)cc1Cl. The van der Waals surface area contributed by atoms with Gasteiger partial charge in [-0.2, -0.15) is 0 Å². The Labute approximate surface area is 112 Å². The van der Waals surface area contributed by atoms with Crippen LogP contribution in [0.2, 0.25) is 5.02 Å². The van der Waals surface area contributed by atoms with E-state index in [-0.39, 0.29) is 0 Å². The number of rotatable bonds is 5. The summed E-state index contributed by atoms with van der Waals surface area (Å²) < 4.78 is 0. The summed E-state index contributed by atoms with van der Waals surface area (Å²) in [5, 5.41) is 4.10. The number of nitrogens with one attached hydrogen (secondary N) is 1. The summed E-state index contributed by atoms with van der Waals surface area (Å²) >= 11 is 6.27. The first kappa shape index (κ1) is 13.0. The van der Waals surface area contributed by atoms with Crippen LogP contribution >= 0.6 is 11.6 Å². The van der Waals surface area contributed by atoms with Gasteiger partial charge >= 0.3 is 0 Å².